The molecule has 2 amide bonds. The molecule has 0 unspecified atom stereocenters. The summed E-state index contributed by atoms with van der Waals surface area (Å²) >= 11 is 12.3. The zero-order valence-electron chi connectivity index (χ0n) is 24.4. The van der Waals surface area contributed by atoms with Gasteiger partial charge in [0.05, 0.1) is 24.4 Å². The molecule has 228 valence electrons. The second-order valence-electron chi connectivity index (χ2n) is 11.1. The van der Waals surface area contributed by atoms with Gasteiger partial charge >= 0.3 is 12.0 Å². The molecule has 0 spiro atoms. The van der Waals surface area contributed by atoms with Crippen molar-refractivity contribution in [2.24, 2.45) is 0 Å². The third kappa shape index (κ3) is 6.58. The monoisotopic (exact) mass is 632 g/mol. The van der Waals surface area contributed by atoms with Crippen LogP contribution in [0.1, 0.15) is 16.8 Å². The molecule has 2 atom stereocenters. The highest BCUT2D eigenvalue weighted by atomic mass is 35.5. The van der Waals surface area contributed by atoms with Gasteiger partial charge in [-0.15, -0.1) is 0 Å². The number of para-hydroxylation sites is 2. The summed E-state index contributed by atoms with van der Waals surface area (Å²) in [5, 5.41) is 5.66. The Balaban J connectivity index is 1.21. The van der Waals surface area contributed by atoms with Gasteiger partial charge in [-0.2, -0.15) is 0 Å². The van der Waals surface area contributed by atoms with Crippen LogP contribution in [0.4, 0.5) is 16.2 Å². The van der Waals surface area contributed by atoms with Crippen molar-refractivity contribution in [2.75, 3.05) is 56.6 Å². The number of nitrogens with one attached hydrogen (secondary N) is 1. The van der Waals surface area contributed by atoms with Gasteiger partial charge in [0.25, 0.3) is 0 Å². The van der Waals surface area contributed by atoms with Gasteiger partial charge in [-0.25, -0.2) is 9.59 Å². The molecule has 0 aromatic heterocycles. The number of halogens is 2. The Hall–Kier alpha value is -3.98. The lowest BCUT2D eigenvalue weighted by Crippen LogP contribution is -2.61. The van der Waals surface area contributed by atoms with Gasteiger partial charge in [-0.05, 0) is 47.2 Å². The Kier molecular flexibility index (Phi) is 9.12. The Morgan fingerprint density at radius 2 is 1.55 bits per heavy atom. The number of benzene rings is 4. The standard InChI is InChI=1S/C34H34Cl2N4O4/c1-43-31-12-5-4-11-29(31)38-15-17-39(18-16-38)30-22-40(34(42)37-26-20-24(35)19-25(36)21-26)14-13-32(30)44-33(41)28-10-6-8-23-7-2-3-9-27(23)28/h2-12,19-21,30,32H,13-18,22H2,1H3,(H,37,42)/t30-,32-/m1/s1. The van der Waals surface area contributed by atoms with E-state index < -0.39 is 0 Å². The van der Waals surface area contributed by atoms with Crippen LogP contribution >= 0.6 is 23.2 Å². The van der Waals surface area contributed by atoms with Crippen molar-refractivity contribution in [2.45, 2.75) is 18.6 Å². The predicted molar refractivity (Wildman–Crippen MR) is 175 cm³/mol. The van der Waals surface area contributed by atoms with Crippen LogP contribution in [0, 0.1) is 0 Å². The van der Waals surface area contributed by atoms with E-state index in [0.717, 1.165) is 48.4 Å². The number of esters is 1. The number of amides is 2. The number of piperidine rings is 1. The molecule has 6 rings (SSSR count). The predicted octanol–water partition coefficient (Wildman–Crippen LogP) is 6.81. The lowest BCUT2D eigenvalue weighted by atomic mass is 9.99. The fourth-order valence-corrected chi connectivity index (χ4v) is 6.73. The molecule has 1 N–H and O–H groups in total. The van der Waals surface area contributed by atoms with E-state index in [9.17, 15) is 9.59 Å². The van der Waals surface area contributed by atoms with Crippen LogP contribution in [0.5, 0.6) is 5.75 Å². The van der Waals surface area contributed by atoms with Crippen molar-refractivity contribution in [1.82, 2.24) is 9.80 Å². The van der Waals surface area contributed by atoms with E-state index in [0.29, 0.717) is 40.8 Å². The van der Waals surface area contributed by atoms with Crippen molar-refractivity contribution in [1.29, 1.82) is 0 Å². The number of anilines is 2. The molecule has 2 saturated heterocycles. The maximum atomic E-state index is 13.6. The van der Waals surface area contributed by atoms with E-state index >= 15 is 0 Å². The van der Waals surface area contributed by atoms with Gasteiger partial charge < -0.3 is 24.6 Å². The number of rotatable bonds is 6. The van der Waals surface area contributed by atoms with Gasteiger partial charge in [0, 0.05) is 61.4 Å². The number of urea groups is 1. The van der Waals surface area contributed by atoms with Crippen molar-refractivity contribution < 1.29 is 19.1 Å². The molecule has 0 bridgehead atoms. The first-order valence-corrected chi connectivity index (χ1v) is 15.5. The zero-order chi connectivity index (χ0) is 30.6. The average Bonchev–Trinajstić information content (AvgIpc) is 3.04. The normalized spacial score (nSPS) is 19.1. The molecule has 0 radical (unpaired) electrons. The van der Waals surface area contributed by atoms with Crippen molar-refractivity contribution in [3.63, 3.8) is 0 Å². The van der Waals surface area contributed by atoms with Crippen LogP contribution < -0.4 is 15.0 Å². The minimum absolute atomic E-state index is 0.184. The van der Waals surface area contributed by atoms with E-state index in [1.54, 1.807) is 30.2 Å². The first-order chi connectivity index (χ1) is 21.4. The molecule has 2 aliphatic rings. The molecule has 8 nitrogen and oxygen atoms in total. The van der Waals surface area contributed by atoms with Gasteiger partial charge in [0.15, 0.2) is 0 Å². The minimum Gasteiger partial charge on any atom is -0.495 e. The van der Waals surface area contributed by atoms with E-state index in [-0.39, 0.29) is 24.1 Å². The van der Waals surface area contributed by atoms with E-state index in [1.165, 1.54) is 0 Å². The third-order valence-electron chi connectivity index (χ3n) is 8.40. The van der Waals surface area contributed by atoms with Crippen LogP contribution in [0.3, 0.4) is 0 Å². The summed E-state index contributed by atoms with van der Waals surface area (Å²) < 4.78 is 11.9. The summed E-state index contributed by atoms with van der Waals surface area (Å²) in [6.45, 7) is 3.87. The summed E-state index contributed by atoms with van der Waals surface area (Å²) in [6.07, 6.45) is 0.126. The topological polar surface area (TPSA) is 74.3 Å². The van der Waals surface area contributed by atoms with Gasteiger partial charge in [-0.1, -0.05) is 71.7 Å². The second-order valence-corrected chi connectivity index (χ2v) is 11.9. The summed E-state index contributed by atoms with van der Waals surface area (Å²) in [5.41, 5.74) is 2.12. The Morgan fingerprint density at radius 3 is 2.32 bits per heavy atom. The maximum Gasteiger partial charge on any atom is 0.339 e. The molecule has 10 heteroatoms. The number of fused-ring (bicyclic) bond motifs is 1. The first-order valence-electron chi connectivity index (χ1n) is 14.7. The summed E-state index contributed by atoms with van der Waals surface area (Å²) in [7, 11) is 1.68. The van der Waals surface area contributed by atoms with Gasteiger partial charge in [0.2, 0.25) is 0 Å². The molecule has 2 fully saturated rings. The first kappa shape index (κ1) is 30.1. The van der Waals surface area contributed by atoms with Gasteiger partial charge in [-0.3, -0.25) is 4.90 Å². The molecule has 44 heavy (non-hydrogen) atoms. The largest absolute Gasteiger partial charge is 0.495 e. The number of hydrogen-bond donors (Lipinski definition) is 1. The molecule has 0 saturated carbocycles. The summed E-state index contributed by atoms with van der Waals surface area (Å²) in [5.74, 6) is 0.486. The number of carbonyl (C=O) groups is 2. The quantitative estimate of drug-likeness (QED) is 0.235. The number of carbonyl (C=O) groups excluding carboxylic acids is 2. The summed E-state index contributed by atoms with van der Waals surface area (Å²) in [6, 6.07) is 26.0. The average molecular weight is 634 g/mol. The zero-order valence-corrected chi connectivity index (χ0v) is 25.9. The SMILES string of the molecule is COc1ccccc1N1CCN([C@@H]2CN(C(=O)Nc3cc(Cl)cc(Cl)c3)CC[C@H]2OC(=O)c2cccc3ccccc23)CC1. The highest BCUT2D eigenvalue weighted by molar-refractivity contribution is 6.35. The molecular formula is C34H34Cl2N4O4. The molecule has 2 heterocycles. The number of nitrogens with zero attached hydrogens (tertiary/aromatic N) is 3. The Labute approximate surface area is 267 Å². The van der Waals surface area contributed by atoms with Crippen molar-refractivity contribution in [3.8, 4) is 5.75 Å². The second kappa shape index (κ2) is 13.3. The van der Waals surface area contributed by atoms with E-state index in [1.807, 2.05) is 60.7 Å². The molecule has 4 aromatic carbocycles. The van der Waals surface area contributed by atoms with Crippen LogP contribution in [0.25, 0.3) is 10.8 Å². The highest BCUT2D eigenvalue weighted by Gasteiger charge is 2.39. The number of hydrogen-bond acceptors (Lipinski definition) is 6. The molecule has 2 aliphatic heterocycles. The van der Waals surface area contributed by atoms with Crippen molar-refractivity contribution in [3.05, 3.63) is 101 Å². The number of methoxy groups -OCH3 is 1. The maximum absolute atomic E-state index is 13.6. The molecule has 0 aliphatic carbocycles. The van der Waals surface area contributed by atoms with Gasteiger partial charge in [0.1, 0.15) is 11.9 Å². The summed E-state index contributed by atoms with van der Waals surface area (Å²) in [4.78, 5) is 33.4. The number of ether oxygens (including phenoxy) is 2. The third-order valence-corrected chi connectivity index (χ3v) is 8.83. The fourth-order valence-electron chi connectivity index (χ4n) is 6.20. The van der Waals surface area contributed by atoms with Crippen molar-refractivity contribution >= 4 is 57.3 Å². The van der Waals surface area contributed by atoms with Crippen LogP contribution in [0.15, 0.2) is 84.9 Å². The lowest BCUT2D eigenvalue weighted by Gasteiger charge is -2.46. The lowest BCUT2D eigenvalue weighted by molar-refractivity contribution is -0.0289. The smallest absolute Gasteiger partial charge is 0.339 e. The number of likely N-dealkylation sites (tertiary alicyclic amines) is 1. The van der Waals surface area contributed by atoms with E-state index in [4.69, 9.17) is 32.7 Å². The van der Waals surface area contributed by atoms with Crippen LogP contribution in [-0.2, 0) is 4.74 Å². The minimum atomic E-state index is -0.385. The van der Waals surface area contributed by atoms with Crippen LogP contribution in [0.2, 0.25) is 10.0 Å². The fraction of sp³-hybridized carbons (Fsp3) is 0.294. The highest BCUT2D eigenvalue weighted by Crippen LogP contribution is 2.31. The Bertz CT molecular complexity index is 1630. The molecule has 4 aromatic rings. The van der Waals surface area contributed by atoms with E-state index in [2.05, 4.69) is 21.2 Å². The molecular weight excluding hydrogens is 599 g/mol. The Morgan fingerprint density at radius 1 is 0.841 bits per heavy atom. The van der Waals surface area contributed by atoms with Crippen LogP contribution in [-0.4, -0.2) is 80.3 Å². The number of piperazine rings is 1.